The third kappa shape index (κ3) is 4.99. The molecule has 0 radical (unpaired) electrons. The largest absolute Gasteiger partial charge is 0.492 e. The summed E-state index contributed by atoms with van der Waals surface area (Å²) in [6.07, 6.45) is 2.94. The van der Waals surface area contributed by atoms with Gasteiger partial charge in [0, 0.05) is 12.5 Å². The molecule has 2 aromatic carbocycles. The number of carbonyl (C=O) groups is 1. The Morgan fingerprint density at radius 3 is 2.16 bits per heavy atom. The monoisotopic (exact) mass is 497 g/mol. The van der Waals surface area contributed by atoms with Crippen LogP contribution in [0.5, 0.6) is 0 Å². The van der Waals surface area contributed by atoms with Gasteiger partial charge in [0.1, 0.15) is 6.61 Å². The van der Waals surface area contributed by atoms with Crippen LogP contribution in [0.3, 0.4) is 0 Å². The fourth-order valence-electron chi connectivity index (χ4n) is 4.71. The Kier molecular flexibility index (Phi) is 6.56. The number of ether oxygens (including phenoxy) is 1. The number of nitrogens with zero attached hydrogens (tertiary/aromatic N) is 1. The molecule has 2 aliphatic rings. The maximum Gasteiger partial charge on any atom is 0.492 e. The van der Waals surface area contributed by atoms with Crippen molar-refractivity contribution >= 4 is 25.0 Å². The molecule has 0 atom stereocenters. The summed E-state index contributed by atoms with van der Waals surface area (Å²) in [5, 5.41) is 2.88. The maximum atomic E-state index is 12.8. The van der Waals surface area contributed by atoms with Gasteiger partial charge in [0.25, 0.3) is 0 Å². The van der Waals surface area contributed by atoms with Gasteiger partial charge in [-0.15, -0.1) is 0 Å². The molecule has 3 N–H and O–H groups in total. The van der Waals surface area contributed by atoms with Crippen LogP contribution in [0.4, 0.5) is 10.5 Å². The number of fused-ring (bicyclic) bond motifs is 3. The predicted octanol–water partition coefficient (Wildman–Crippen LogP) is 5.22. The summed E-state index contributed by atoms with van der Waals surface area (Å²) in [6.45, 7) is 8.39. The third-order valence-corrected chi connectivity index (χ3v) is 7.48. The van der Waals surface area contributed by atoms with Crippen molar-refractivity contribution in [3.63, 3.8) is 0 Å². The number of nitrogen functional groups attached to an aromatic ring is 1. The minimum absolute atomic E-state index is 0.00441. The molecule has 37 heavy (non-hydrogen) atoms. The van der Waals surface area contributed by atoms with Crippen LogP contribution >= 0.6 is 0 Å². The number of nitrogens with one attached hydrogen (secondary N) is 1. The van der Waals surface area contributed by atoms with Gasteiger partial charge in [-0.2, -0.15) is 0 Å². The molecule has 7 nitrogen and oxygen atoms in total. The summed E-state index contributed by atoms with van der Waals surface area (Å²) < 4.78 is 18.2. The van der Waals surface area contributed by atoms with Gasteiger partial charge in [0.15, 0.2) is 0 Å². The van der Waals surface area contributed by atoms with Gasteiger partial charge in [-0.3, -0.25) is 4.98 Å². The molecule has 5 rings (SSSR count). The lowest BCUT2D eigenvalue weighted by molar-refractivity contribution is 0.00578. The second-order valence-corrected chi connectivity index (χ2v) is 10.5. The first kappa shape index (κ1) is 25.1. The second-order valence-electron chi connectivity index (χ2n) is 10.5. The molecule has 0 saturated carbocycles. The Balaban J connectivity index is 1.29. The molecule has 190 valence electrons. The molecule has 1 fully saturated rings. The molecule has 1 aliphatic carbocycles. The highest BCUT2D eigenvalue weighted by Crippen LogP contribution is 2.44. The van der Waals surface area contributed by atoms with Gasteiger partial charge in [-0.05, 0) is 73.6 Å². The molecule has 1 aromatic heterocycles. The summed E-state index contributed by atoms with van der Waals surface area (Å²) in [5.41, 5.74) is 11.5. The number of anilines is 1. The summed E-state index contributed by atoms with van der Waals surface area (Å²) in [6, 6.07) is 20.1. The number of rotatable bonds is 6. The van der Waals surface area contributed by atoms with Crippen molar-refractivity contribution in [3.8, 4) is 11.1 Å². The number of aromatic nitrogens is 1. The molecule has 0 spiro atoms. The van der Waals surface area contributed by atoms with Crippen LogP contribution in [-0.2, 0) is 14.0 Å². The summed E-state index contributed by atoms with van der Waals surface area (Å²) >= 11 is 0. The summed E-state index contributed by atoms with van der Waals surface area (Å²) in [5.74, 6) is -0.00441. The fourth-order valence-corrected chi connectivity index (χ4v) is 4.71. The first-order valence-electron chi connectivity index (χ1n) is 12.5. The number of amides is 1. The lowest BCUT2D eigenvalue weighted by Crippen LogP contribution is -2.41. The van der Waals surface area contributed by atoms with E-state index in [9.17, 15) is 4.79 Å². The van der Waals surface area contributed by atoms with Gasteiger partial charge >= 0.3 is 13.2 Å². The fraction of sp³-hybridized carbons (Fsp3) is 0.310. The summed E-state index contributed by atoms with van der Waals surface area (Å²) in [4.78, 5) is 17.2. The van der Waals surface area contributed by atoms with Crippen LogP contribution in [0.25, 0.3) is 17.2 Å². The molecule has 0 bridgehead atoms. The second kappa shape index (κ2) is 9.69. The first-order valence-corrected chi connectivity index (χ1v) is 12.5. The van der Waals surface area contributed by atoms with Crippen molar-refractivity contribution in [1.82, 2.24) is 10.3 Å². The summed E-state index contributed by atoms with van der Waals surface area (Å²) in [7, 11) is -0.641. The van der Waals surface area contributed by atoms with E-state index < -0.39 is 24.4 Å². The van der Waals surface area contributed by atoms with Crippen molar-refractivity contribution in [3.05, 3.63) is 89.2 Å². The van der Waals surface area contributed by atoms with E-state index in [4.69, 9.17) is 19.8 Å². The van der Waals surface area contributed by atoms with Crippen LogP contribution in [0, 0.1) is 0 Å². The molecule has 3 aromatic rings. The quantitative estimate of drug-likeness (QED) is 0.454. The van der Waals surface area contributed by atoms with Gasteiger partial charge < -0.3 is 25.1 Å². The molecular weight excluding hydrogens is 465 g/mol. The SMILES string of the molecule is CC1(C)OB(C(=Cc2ccc(N)cn2)CNC(=O)OCC2c3ccccc3-c3ccccc32)OC1(C)C. The Bertz CT molecular complexity index is 1280. The molecule has 8 heteroatoms. The highest BCUT2D eigenvalue weighted by molar-refractivity contribution is 6.56. The van der Waals surface area contributed by atoms with Gasteiger partial charge in [-0.25, -0.2) is 4.79 Å². The lowest BCUT2D eigenvalue weighted by atomic mass is 9.77. The lowest BCUT2D eigenvalue weighted by Gasteiger charge is -2.32. The average molecular weight is 497 g/mol. The minimum atomic E-state index is -0.641. The number of hydrogen-bond acceptors (Lipinski definition) is 6. The number of benzene rings is 2. The first-order chi connectivity index (χ1) is 17.6. The molecule has 1 saturated heterocycles. The Morgan fingerprint density at radius 1 is 1.00 bits per heavy atom. The Morgan fingerprint density at radius 2 is 1.59 bits per heavy atom. The van der Waals surface area contributed by atoms with Crippen molar-refractivity contribution in [1.29, 1.82) is 0 Å². The highest BCUT2D eigenvalue weighted by Gasteiger charge is 2.52. The van der Waals surface area contributed by atoms with E-state index >= 15 is 0 Å². The Labute approximate surface area is 218 Å². The number of carbonyl (C=O) groups excluding carboxylic acids is 1. The standard InChI is InChI=1S/C29H32BN3O4/c1-28(2)29(3,4)37-30(36-28)19(15-21-14-13-20(31)17-32-21)16-33-27(34)35-18-26-24-11-7-5-9-22(24)23-10-6-8-12-25(23)26/h5-15,17,26H,16,18,31H2,1-4H3,(H,33,34). The van der Waals surface area contributed by atoms with E-state index in [1.165, 1.54) is 22.3 Å². The smallest absolute Gasteiger partial charge is 0.449 e. The van der Waals surface area contributed by atoms with Gasteiger partial charge in [0.05, 0.1) is 28.8 Å². The third-order valence-electron chi connectivity index (χ3n) is 7.48. The molecule has 2 heterocycles. The normalized spacial score (nSPS) is 17.8. The van der Waals surface area contributed by atoms with Crippen molar-refractivity contribution in [2.24, 2.45) is 0 Å². The van der Waals surface area contributed by atoms with Crippen LogP contribution < -0.4 is 11.1 Å². The zero-order chi connectivity index (χ0) is 26.2. The molecular formula is C29H32BN3O4. The predicted molar refractivity (Wildman–Crippen MR) is 146 cm³/mol. The van der Waals surface area contributed by atoms with E-state index in [1.807, 2.05) is 64.1 Å². The van der Waals surface area contributed by atoms with Crippen molar-refractivity contribution in [2.45, 2.75) is 44.8 Å². The van der Waals surface area contributed by atoms with Crippen molar-refractivity contribution < 1.29 is 18.8 Å². The van der Waals surface area contributed by atoms with Gasteiger partial charge in [0.2, 0.25) is 0 Å². The zero-order valence-corrected chi connectivity index (χ0v) is 21.7. The number of hydrogen-bond donors (Lipinski definition) is 2. The highest BCUT2D eigenvalue weighted by atomic mass is 16.7. The van der Waals surface area contributed by atoms with Crippen LogP contribution in [0.2, 0.25) is 0 Å². The average Bonchev–Trinajstić information content (AvgIpc) is 3.30. The topological polar surface area (TPSA) is 95.7 Å². The zero-order valence-electron chi connectivity index (χ0n) is 21.7. The van der Waals surface area contributed by atoms with E-state index in [0.717, 1.165) is 5.47 Å². The van der Waals surface area contributed by atoms with E-state index in [1.54, 1.807) is 12.3 Å². The number of nitrogens with two attached hydrogens (primary N) is 1. The number of pyridine rings is 1. The molecule has 1 aliphatic heterocycles. The Hall–Kier alpha value is -3.62. The van der Waals surface area contributed by atoms with Crippen LogP contribution in [-0.4, -0.2) is 42.5 Å². The van der Waals surface area contributed by atoms with Crippen LogP contribution in [0.1, 0.15) is 50.4 Å². The van der Waals surface area contributed by atoms with E-state index in [0.29, 0.717) is 11.4 Å². The van der Waals surface area contributed by atoms with Crippen LogP contribution in [0.15, 0.2) is 72.3 Å². The minimum Gasteiger partial charge on any atom is -0.449 e. The number of alkyl carbamates (subject to hydrolysis) is 1. The maximum absolute atomic E-state index is 12.8. The molecule has 1 amide bonds. The molecule has 0 unspecified atom stereocenters. The van der Waals surface area contributed by atoms with Crippen molar-refractivity contribution in [2.75, 3.05) is 18.9 Å². The van der Waals surface area contributed by atoms with E-state index in [-0.39, 0.29) is 19.1 Å². The van der Waals surface area contributed by atoms with E-state index in [2.05, 4.69) is 34.6 Å². The van der Waals surface area contributed by atoms with Gasteiger partial charge in [-0.1, -0.05) is 48.5 Å².